The average molecular weight is 362 g/mol. The molecule has 1 aromatic heterocycles. The second-order valence-electron chi connectivity index (χ2n) is 5.31. The molecule has 0 aliphatic carbocycles. The van der Waals surface area contributed by atoms with E-state index in [0.29, 0.717) is 17.6 Å². The van der Waals surface area contributed by atoms with E-state index in [1.54, 1.807) is 13.0 Å². The van der Waals surface area contributed by atoms with Gasteiger partial charge in [-0.2, -0.15) is 0 Å². The van der Waals surface area contributed by atoms with Crippen molar-refractivity contribution in [1.29, 1.82) is 0 Å². The Morgan fingerprint density at radius 3 is 2.68 bits per heavy atom. The molecule has 128 valence electrons. The second kappa shape index (κ2) is 6.52. The van der Waals surface area contributed by atoms with Crippen LogP contribution in [-0.4, -0.2) is 15.5 Å². The number of fused-ring (bicyclic) bond motifs is 1. The molecule has 0 aliphatic heterocycles. The summed E-state index contributed by atoms with van der Waals surface area (Å²) in [4.78, 5) is 38.3. The van der Waals surface area contributed by atoms with E-state index in [-0.39, 0.29) is 16.3 Å². The number of amides is 1. The number of aromatic amines is 1. The van der Waals surface area contributed by atoms with Crippen LogP contribution < -0.4 is 16.4 Å². The number of carbonyl (C=O) groups is 1. The molecule has 3 rings (SSSR count). The molecule has 0 spiro atoms. The summed E-state index contributed by atoms with van der Waals surface area (Å²) in [5, 5.41) is 2.66. The van der Waals surface area contributed by atoms with Crippen LogP contribution in [-0.2, 0) is 6.54 Å². The molecule has 25 heavy (non-hydrogen) atoms. The first-order chi connectivity index (χ1) is 11.9. The van der Waals surface area contributed by atoms with Crippen molar-refractivity contribution >= 4 is 34.2 Å². The number of anilines is 1. The van der Waals surface area contributed by atoms with Crippen LogP contribution in [0.1, 0.15) is 17.3 Å². The van der Waals surface area contributed by atoms with Gasteiger partial charge < -0.3 is 14.9 Å². The fraction of sp³-hybridized carbons (Fsp3) is 0.118. The van der Waals surface area contributed by atoms with Crippen molar-refractivity contribution in [3.63, 3.8) is 0 Å². The Morgan fingerprint density at radius 1 is 1.24 bits per heavy atom. The number of aromatic nitrogens is 2. The molecule has 8 heteroatoms. The monoisotopic (exact) mass is 361 g/mol. The lowest BCUT2D eigenvalue weighted by molar-refractivity contribution is 0.102. The van der Waals surface area contributed by atoms with Crippen molar-refractivity contribution in [1.82, 2.24) is 9.55 Å². The van der Waals surface area contributed by atoms with Gasteiger partial charge in [0.05, 0.1) is 16.7 Å². The Morgan fingerprint density at radius 2 is 2.00 bits per heavy atom. The zero-order valence-electron chi connectivity index (χ0n) is 13.1. The Bertz CT molecular complexity index is 1100. The highest BCUT2D eigenvalue weighted by Crippen LogP contribution is 2.20. The van der Waals surface area contributed by atoms with Crippen LogP contribution in [0.5, 0.6) is 0 Å². The van der Waals surface area contributed by atoms with Crippen molar-refractivity contribution in [3.8, 4) is 0 Å². The molecule has 0 saturated carbocycles. The van der Waals surface area contributed by atoms with Crippen LogP contribution in [0.25, 0.3) is 11.0 Å². The number of hydrogen-bond donors (Lipinski definition) is 2. The third kappa shape index (κ3) is 3.18. The summed E-state index contributed by atoms with van der Waals surface area (Å²) < 4.78 is 15.1. The van der Waals surface area contributed by atoms with Gasteiger partial charge in [0, 0.05) is 17.1 Å². The first kappa shape index (κ1) is 16.9. The number of H-pyrrole nitrogens is 1. The molecule has 1 amide bonds. The summed E-state index contributed by atoms with van der Waals surface area (Å²) in [7, 11) is 0. The Balaban J connectivity index is 2.01. The molecule has 3 aromatic rings. The highest BCUT2D eigenvalue weighted by molar-refractivity contribution is 6.30. The van der Waals surface area contributed by atoms with Gasteiger partial charge in [0.15, 0.2) is 0 Å². The van der Waals surface area contributed by atoms with Crippen LogP contribution in [0, 0.1) is 5.82 Å². The zero-order chi connectivity index (χ0) is 18.1. The minimum atomic E-state index is -0.768. The standard InChI is InChI=1S/C17H13ClFN3O3/c1-2-22-14-6-3-9(7-13(14)21-16(24)17(22)25)15(23)20-12-5-4-10(18)8-11(12)19/h3-8H,2H2,1H3,(H,20,23)(H,21,24). The number of nitrogens with one attached hydrogen (secondary N) is 2. The van der Waals surface area contributed by atoms with E-state index in [1.807, 2.05) is 0 Å². The van der Waals surface area contributed by atoms with Gasteiger partial charge in [-0.25, -0.2) is 4.39 Å². The van der Waals surface area contributed by atoms with E-state index in [2.05, 4.69) is 10.3 Å². The summed E-state index contributed by atoms with van der Waals surface area (Å²) in [6, 6.07) is 8.39. The van der Waals surface area contributed by atoms with Crippen LogP contribution in [0.4, 0.5) is 10.1 Å². The number of benzene rings is 2. The topological polar surface area (TPSA) is 84.0 Å². The highest BCUT2D eigenvalue weighted by atomic mass is 35.5. The largest absolute Gasteiger partial charge is 0.319 e. The fourth-order valence-corrected chi connectivity index (χ4v) is 2.68. The van der Waals surface area contributed by atoms with Crippen molar-refractivity contribution in [2.45, 2.75) is 13.5 Å². The lowest BCUT2D eigenvalue weighted by Gasteiger charge is -2.10. The number of nitrogens with zero attached hydrogens (tertiary/aromatic N) is 1. The van der Waals surface area contributed by atoms with Crippen molar-refractivity contribution in [2.75, 3.05) is 5.32 Å². The number of aryl methyl sites for hydroxylation is 1. The third-order valence-corrected chi connectivity index (χ3v) is 3.97. The van der Waals surface area contributed by atoms with Crippen molar-refractivity contribution < 1.29 is 9.18 Å². The predicted molar refractivity (Wildman–Crippen MR) is 93.9 cm³/mol. The van der Waals surface area contributed by atoms with Gasteiger partial charge in [-0.3, -0.25) is 14.4 Å². The lowest BCUT2D eigenvalue weighted by atomic mass is 10.1. The Labute approximate surface area is 145 Å². The molecule has 0 bridgehead atoms. The van der Waals surface area contributed by atoms with Crippen LogP contribution in [0.3, 0.4) is 0 Å². The summed E-state index contributed by atoms with van der Waals surface area (Å²) in [5.74, 6) is -1.21. The molecule has 0 aliphatic rings. The molecule has 0 saturated heterocycles. The van der Waals surface area contributed by atoms with Gasteiger partial charge in [-0.05, 0) is 43.3 Å². The van der Waals surface area contributed by atoms with Gasteiger partial charge in [-0.1, -0.05) is 11.6 Å². The summed E-state index contributed by atoms with van der Waals surface area (Å²) in [6.45, 7) is 2.06. The van der Waals surface area contributed by atoms with Gasteiger partial charge in [-0.15, -0.1) is 0 Å². The Hall–Kier alpha value is -2.93. The van der Waals surface area contributed by atoms with E-state index in [4.69, 9.17) is 11.6 Å². The molecule has 6 nitrogen and oxygen atoms in total. The normalized spacial score (nSPS) is 10.8. The zero-order valence-corrected chi connectivity index (χ0v) is 13.9. The Kier molecular flexibility index (Phi) is 4.41. The molecule has 2 N–H and O–H groups in total. The van der Waals surface area contributed by atoms with Gasteiger partial charge in [0.2, 0.25) is 0 Å². The van der Waals surface area contributed by atoms with E-state index in [0.717, 1.165) is 6.07 Å². The molecular weight excluding hydrogens is 349 g/mol. The lowest BCUT2D eigenvalue weighted by Crippen LogP contribution is -2.36. The third-order valence-electron chi connectivity index (χ3n) is 3.73. The number of rotatable bonds is 3. The maximum atomic E-state index is 13.8. The van der Waals surface area contributed by atoms with Crippen molar-refractivity contribution in [3.05, 3.63) is 73.5 Å². The molecule has 0 radical (unpaired) electrons. The van der Waals surface area contributed by atoms with E-state index < -0.39 is 22.8 Å². The molecule has 0 atom stereocenters. The van der Waals surface area contributed by atoms with E-state index in [1.165, 1.54) is 28.8 Å². The quantitative estimate of drug-likeness (QED) is 0.703. The first-order valence-electron chi connectivity index (χ1n) is 7.44. The van der Waals surface area contributed by atoms with Gasteiger partial charge in [0.1, 0.15) is 5.82 Å². The first-order valence-corrected chi connectivity index (χ1v) is 7.81. The fourth-order valence-electron chi connectivity index (χ4n) is 2.52. The van der Waals surface area contributed by atoms with E-state index >= 15 is 0 Å². The average Bonchev–Trinajstić information content (AvgIpc) is 2.58. The summed E-state index contributed by atoms with van der Waals surface area (Å²) in [6.07, 6.45) is 0. The molecule has 2 aromatic carbocycles. The van der Waals surface area contributed by atoms with E-state index in [9.17, 15) is 18.8 Å². The van der Waals surface area contributed by atoms with Crippen LogP contribution in [0.2, 0.25) is 5.02 Å². The van der Waals surface area contributed by atoms with Gasteiger partial charge in [0.25, 0.3) is 5.91 Å². The summed E-state index contributed by atoms with van der Waals surface area (Å²) in [5.41, 5.74) is -0.386. The van der Waals surface area contributed by atoms with Gasteiger partial charge >= 0.3 is 11.1 Å². The predicted octanol–water partition coefficient (Wildman–Crippen LogP) is 2.75. The molecule has 0 unspecified atom stereocenters. The minimum Gasteiger partial charge on any atom is -0.319 e. The molecule has 0 fully saturated rings. The maximum absolute atomic E-state index is 13.8. The smallest absolute Gasteiger partial charge is 0.316 e. The molecule has 1 heterocycles. The minimum absolute atomic E-state index is 0.0125. The SMILES string of the molecule is CCn1c(=O)c(=O)[nH]c2cc(C(=O)Nc3ccc(Cl)cc3F)ccc21. The summed E-state index contributed by atoms with van der Waals surface area (Å²) >= 11 is 5.68. The second-order valence-corrected chi connectivity index (χ2v) is 5.75. The number of carbonyl (C=O) groups excluding carboxylic acids is 1. The number of hydrogen-bond acceptors (Lipinski definition) is 3. The van der Waals surface area contributed by atoms with Crippen molar-refractivity contribution in [2.24, 2.45) is 0 Å². The number of halogens is 2. The van der Waals surface area contributed by atoms with Crippen LogP contribution in [0.15, 0.2) is 46.0 Å². The highest BCUT2D eigenvalue weighted by Gasteiger charge is 2.12. The van der Waals surface area contributed by atoms with Crippen LogP contribution >= 0.6 is 11.6 Å². The maximum Gasteiger partial charge on any atom is 0.316 e. The molecular formula is C17H13ClFN3O3.